The molecule has 0 amide bonds. The number of rotatable bonds is 8. The molecule has 54 heavy (non-hydrogen) atoms. The van der Waals surface area contributed by atoms with Gasteiger partial charge in [0.05, 0.1) is 0 Å². The van der Waals surface area contributed by atoms with Crippen LogP contribution in [0.25, 0.3) is 52.7 Å². The van der Waals surface area contributed by atoms with E-state index in [1.54, 1.807) is 0 Å². The average Bonchev–Trinajstić information content (AvgIpc) is 3.78. The second kappa shape index (κ2) is 13.8. The molecular weight excluding hydrogens is 724 g/mol. The van der Waals surface area contributed by atoms with Gasteiger partial charge in [-0.25, -0.2) is 0 Å². The van der Waals surface area contributed by atoms with E-state index in [0.29, 0.717) is 0 Å². The van der Waals surface area contributed by atoms with Crippen LogP contribution in [0.4, 0.5) is 34.1 Å². The molecule has 0 saturated carbocycles. The van der Waals surface area contributed by atoms with Gasteiger partial charge < -0.3 is 0 Å². The van der Waals surface area contributed by atoms with E-state index in [9.17, 15) is 0 Å². The zero-order chi connectivity index (χ0) is 35.8. The van der Waals surface area contributed by atoms with E-state index >= 15 is 0 Å². The number of hydrogen-bond acceptors (Lipinski definition) is 3. The molecule has 0 fully saturated rings. The van der Waals surface area contributed by atoms with Crippen molar-refractivity contribution in [1.82, 2.24) is 0 Å². The van der Waals surface area contributed by atoms with Gasteiger partial charge in [0, 0.05) is 0 Å². The molecule has 3 nitrogen and oxygen atoms in total. The first-order chi connectivity index (χ1) is 26.8. The van der Waals surface area contributed by atoms with Gasteiger partial charge in [-0.1, -0.05) is 12.1 Å². The number of para-hydroxylation sites is 4. The monoisotopic (exact) mass is 758 g/mol. The number of benzene rings is 8. The molecule has 0 spiro atoms. The average molecular weight is 758 g/mol. The van der Waals surface area contributed by atoms with Crippen molar-refractivity contribution >= 4 is 79.1 Å². The molecule has 0 unspecified atom stereocenters. The molecule has 10 aromatic rings. The quantitative estimate of drug-likeness (QED) is 0.144. The van der Waals surface area contributed by atoms with Crippen LogP contribution in [0.15, 0.2) is 211 Å². The minimum atomic E-state index is 0.105. The maximum absolute atomic E-state index is 6.57. The number of hydrogen-bond donors (Lipinski definition) is 0. The zero-order valence-corrected chi connectivity index (χ0v) is 31.1. The molecule has 2 aromatic heterocycles. The summed E-state index contributed by atoms with van der Waals surface area (Å²) in [6.07, 6.45) is 0. The van der Waals surface area contributed by atoms with Crippen LogP contribution in [0.1, 0.15) is 0 Å². The Morgan fingerprint density at radius 2 is 0.741 bits per heavy atom. The van der Waals surface area contributed by atoms with E-state index in [0.717, 1.165) is 49.7 Å². The first-order valence-electron chi connectivity index (χ1n) is 18.2. The molecule has 0 aliphatic rings. The molecule has 10 rings (SSSR count). The van der Waals surface area contributed by atoms with E-state index in [1.165, 1.54) is 37.1 Å². The van der Waals surface area contributed by atoms with E-state index in [-0.39, 0.29) is 14.5 Å². The van der Waals surface area contributed by atoms with Crippen molar-refractivity contribution in [2.24, 2.45) is 0 Å². The molecule has 8 aromatic carbocycles. The Kier molecular flexibility index (Phi) is 8.18. The van der Waals surface area contributed by atoms with Gasteiger partial charge in [-0.15, -0.1) is 0 Å². The number of furan rings is 1. The fourth-order valence-electron chi connectivity index (χ4n) is 7.53. The Labute approximate surface area is 320 Å². The van der Waals surface area contributed by atoms with Crippen molar-refractivity contribution < 1.29 is 4.42 Å². The molecular formula is C50H34N2OSe. The van der Waals surface area contributed by atoms with Crippen LogP contribution in [0.3, 0.4) is 0 Å². The van der Waals surface area contributed by atoms with Crippen molar-refractivity contribution in [3.05, 3.63) is 206 Å². The van der Waals surface area contributed by atoms with Crippen molar-refractivity contribution in [3.8, 4) is 22.3 Å². The third kappa shape index (κ3) is 5.88. The Hall–Kier alpha value is -6.58. The summed E-state index contributed by atoms with van der Waals surface area (Å²) < 4.78 is 9.03. The predicted molar refractivity (Wildman–Crippen MR) is 228 cm³/mol. The van der Waals surface area contributed by atoms with Gasteiger partial charge in [-0.3, -0.25) is 0 Å². The predicted octanol–water partition coefficient (Wildman–Crippen LogP) is 14.1. The molecule has 2 heterocycles. The summed E-state index contributed by atoms with van der Waals surface area (Å²) in [7, 11) is 0. The van der Waals surface area contributed by atoms with Crippen LogP contribution in [0, 0.1) is 0 Å². The van der Waals surface area contributed by atoms with Crippen LogP contribution in [0.5, 0.6) is 0 Å². The summed E-state index contributed by atoms with van der Waals surface area (Å²) in [5.74, 6) is 0. The van der Waals surface area contributed by atoms with Crippen molar-refractivity contribution in [3.63, 3.8) is 0 Å². The van der Waals surface area contributed by atoms with Crippen molar-refractivity contribution in [2.45, 2.75) is 0 Å². The molecule has 0 bridgehead atoms. The second-order valence-corrected chi connectivity index (χ2v) is 15.5. The molecule has 0 atom stereocenters. The molecule has 0 saturated heterocycles. The standard InChI is InChI=1S/C50H34N2OSe/c1-5-17-39(18-6-1)51(40-19-7-2-8-20-40)43-25-13-15-35(31-43)37-27-29-47-45(33-37)49-46-34-38(28-30-48(46)54-50(49)53-47)36-16-14-26-44(32-36)52(41-21-9-3-10-22-41)42-23-11-4-12-24-42/h1-34H. The van der Waals surface area contributed by atoms with Gasteiger partial charge in [-0.05, 0) is 0 Å². The van der Waals surface area contributed by atoms with E-state index in [2.05, 4.69) is 216 Å². The van der Waals surface area contributed by atoms with Crippen molar-refractivity contribution in [2.75, 3.05) is 9.80 Å². The SMILES string of the molecule is c1ccc(N(c2ccccc2)c2cccc(-c3ccc4oc5[se]c6ccc(-c7cccc(N(c8ccccc8)c8ccccc8)c7)cc6c5c4c3)c2)cc1. The Morgan fingerprint density at radius 1 is 0.333 bits per heavy atom. The van der Waals surface area contributed by atoms with Gasteiger partial charge in [0.15, 0.2) is 0 Å². The normalized spacial score (nSPS) is 11.3. The summed E-state index contributed by atoms with van der Waals surface area (Å²) in [6.45, 7) is 0. The Bertz CT molecular complexity index is 2610. The van der Waals surface area contributed by atoms with Crippen LogP contribution in [-0.2, 0) is 0 Å². The summed E-state index contributed by atoms with van der Waals surface area (Å²) in [4.78, 5) is 4.63. The van der Waals surface area contributed by atoms with E-state index < -0.39 is 0 Å². The first kappa shape index (κ1) is 32.1. The maximum atomic E-state index is 6.57. The zero-order valence-electron chi connectivity index (χ0n) is 29.3. The molecule has 0 aliphatic carbocycles. The third-order valence-corrected chi connectivity index (χ3v) is 12.2. The fourth-order valence-corrected chi connectivity index (χ4v) is 9.75. The van der Waals surface area contributed by atoms with Gasteiger partial charge in [0.1, 0.15) is 0 Å². The van der Waals surface area contributed by atoms with Crippen LogP contribution in [0.2, 0.25) is 0 Å². The van der Waals surface area contributed by atoms with E-state index in [4.69, 9.17) is 4.42 Å². The Balaban J connectivity index is 1.06. The number of anilines is 6. The van der Waals surface area contributed by atoms with Gasteiger partial charge in [0.2, 0.25) is 0 Å². The van der Waals surface area contributed by atoms with Crippen LogP contribution < -0.4 is 9.80 Å². The fraction of sp³-hybridized carbons (Fsp3) is 0. The second-order valence-electron chi connectivity index (χ2n) is 13.4. The Morgan fingerprint density at radius 3 is 1.22 bits per heavy atom. The minimum absolute atomic E-state index is 0.105. The number of nitrogens with zero attached hydrogens (tertiary/aromatic N) is 2. The van der Waals surface area contributed by atoms with Gasteiger partial charge in [-0.2, -0.15) is 0 Å². The molecule has 0 N–H and O–H groups in total. The van der Waals surface area contributed by atoms with Gasteiger partial charge in [0.25, 0.3) is 0 Å². The van der Waals surface area contributed by atoms with Gasteiger partial charge >= 0.3 is 310 Å². The summed E-state index contributed by atoms with van der Waals surface area (Å²) in [5.41, 5.74) is 12.4. The topological polar surface area (TPSA) is 19.6 Å². The molecule has 0 aliphatic heterocycles. The van der Waals surface area contributed by atoms with Crippen LogP contribution >= 0.6 is 0 Å². The van der Waals surface area contributed by atoms with Crippen molar-refractivity contribution in [1.29, 1.82) is 0 Å². The number of fused-ring (bicyclic) bond motifs is 5. The molecule has 256 valence electrons. The summed E-state index contributed by atoms with van der Waals surface area (Å²) in [6, 6.07) is 73.6. The van der Waals surface area contributed by atoms with Crippen LogP contribution in [-0.4, -0.2) is 14.5 Å². The third-order valence-electron chi connectivity index (χ3n) is 10.0. The van der Waals surface area contributed by atoms with E-state index in [1.807, 2.05) is 0 Å². The molecule has 4 heteroatoms. The molecule has 0 radical (unpaired) electrons. The summed E-state index contributed by atoms with van der Waals surface area (Å²) >= 11 is 0.105. The summed E-state index contributed by atoms with van der Waals surface area (Å²) in [5, 5.41) is 3.68. The first-order valence-corrected chi connectivity index (χ1v) is 19.9.